The van der Waals surface area contributed by atoms with Crippen molar-refractivity contribution < 1.29 is 4.74 Å². The van der Waals surface area contributed by atoms with E-state index in [9.17, 15) is 0 Å². The van der Waals surface area contributed by atoms with Gasteiger partial charge in [-0.2, -0.15) is 5.10 Å². The van der Waals surface area contributed by atoms with E-state index >= 15 is 0 Å². The zero-order valence-electron chi connectivity index (χ0n) is 16.5. The average molecular weight is 374 g/mol. The third-order valence-electron chi connectivity index (χ3n) is 7.28. The summed E-state index contributed by atoms with van der Waals surface area (Å²) in [6.07, 6.45) is 9.53. The second-order valence-electron chi connectivity index (χ2n) is 8.95. The van der Waals surface area contributed by atoms with Crippen molar-refractivity contribution in [3.8, 4) is 16.9 Å². The summed E-state index contributed by atoms with van der Waals surface area (Å²) in [5, 5.41) is 5.55. The molecule has 0 bridgehead atoms. The summed E-state index contributed by atoms with van der Waals surface area (Å²) in [7, 11) is 2.00. The number of piperidine rings is 1. The number of aromatic nitrogens is 2. The normalized spacial score (nSPS) is 21.6. The van der Waals surface area contributed by atoms with Gasteiger partial charge in [0.15, 0.2) is 0 Å². The fraction of sp³-hybridized carbons (Fsp3) is 0.458. The fourth-order valence-electron chi connectivity index (χ4n) is 5.26. The highest BCUT2D eigenvalue weighted by atomic mass is 16.5. The third-order valence-corrected chi connectivity index (χ3v) is 7.28. The summed E-state index contributed by atoms with van der Waals surface area (Å²) in [4.78, 5) is 2.70. The van der Waals surface area contributed by atoms with Crippen molar-refractivity contribution in [3.63, 3.8) is 0 Å². The van der Waals surface area contributed by atoms with E-state index in [-0.39, 0.29) is 5.60 Å². The van der Waals surface area contributed by atoms with E-state index in [1.54, 1.807) is 0 Å². The summed E-state index contributed by atoms with van der Waals surface area (Å²) in [5.74, 6) is 1.10. The molecule has 3 heterocycles. The molecule has 1 aliphatic carbocycles. The lowest BCUT2D eigenvalue weighted by Gasteiger charge is -2.45. The van der Waals surface area contributed by atoms with E-state index in [1.807, 2.05) is 17.9 Å². The fourth-order valence-corrected chi connectivity index (χ4v) is 5.26. The van der Waals surface area contributed by atoms with Gasteiger partial charge in [-0.1, -0.05) is 24.6 Å². The molecule has 1 saturated carbocycles. The van der Waals surface area contributed by atoms with Crippen LogP contribution >= 0.6 is 0 Å². The van der Waals surface area contributed by atoms with Gasteiger partial charge < -0.3 is 9.64 Å². The van der Waals surface area contributed by atoms with Crippen molar-refractivity contribution >= 4 is 10.9 Å². The van der Waals surface area contributed by atoms with Crippen LogP contribution in [-0.2, 0) is 13.5 Å². The number of nitrogens with zero attached hydrogens (tertiary/aromatic N) is 3. The zero-order chi connectivity index (χ0) is 18.7. The molecule has 4 heteroatoms. The number of hydrogen-bond acceptors (Lipinski definition) is 3. The Bertz CT molecular complexity index is 1040. The first-order valence-electron chi connectivity index (χ1n) is 10.7. The van der Waals surface area contributed by atoms with Gasteiger partial charge in [0.05, 0.1) is 11.7 Å². The summed E-state index contributed by atoms with van der Waals surface area (Å²) >= 11 is 0. The SMILES string of the molecule is Cn1ncc2ccc(-c3ccc4c(c3)CC3(CCN(C5CCC5)CC3)O4)cc21. The minimum absolute atomic E-state index is 0.0349. The summed E-state index contributed by atoms with van der Waals surface area (Å²) < 4.78 is 8.49. The summed E-state index contributed by atoms with van der Waals surface area (Å²) in [6.45, 7) is 2.39. The molecule has 0 N–H and O–H groups in total. The second-order valence-corrected chi connectivity index (χ2v) is 8.95. The minimum Gasteiger partial charge on any atom is -0.487 e. The molecule has 3 aliphatic rings. The van der Waals surface area contributed by atoms with Crippen LogP contribution in [0.1, 0.15) is 37.7 Å². The van der Waals surface area contributed by atoms with E-state index in [4.69, 9.17) is 4.74 Å². The van der Waals surface area contributed by atoms with Crippen LogP contribution in [0.3, 0.4) is 0 Å². The quantitative estimate of drug-likeness (QED) is 0.660. The molecule has 1 spiro atoms. The molecule has 2 fully saturated rings. The maximum Gasteiger partial charge on any atom is 0.123 e. The molecule has 0 radical (unpaired) electrons. The standard InChI is InChI=1S/C24H27N3O/c1-26-22-14-18(5-6-19(22)16-25-26)17-7-8-23-20(13-17)15-24(28-23)9-11-27(12-10-24)21-3-2-4-21/h5-8,13-14,16,21H,2-4,9-12,15H2,1H3. The molecule has 144 valence electrons. The lowest BCUT2D eigenvalue weighted by Crippen LogP contribution is -2.52. The first kappa shape index (κ1) is 16.6. The van der Waals surface area contributed by atoms with Crippen LogP contribution in [0.4, 0.5) is 0 Å². The second kappa shape index (κ2) is 6.08. The first-order valence-corrected chi connectivity index (χ1v) is 10.7. The van der Waals surface area contributed by atoms with Gasteiger partial charge in [-0.25, -0.2) is 0 Å². The highest BCUT2D eigenvalue weighted by molar-refractivity contribution is 5.84. The maximum absolute atomic E-state index is 6.54. The van der Waals surface area contributed by atoms with Gasteiger partial charge in [0, 0.05) is 50.8 Å². The smallest absolute Gasteiger partial charge is 0.123 e. The number of likely N-dealkylation sites (tertiary alicyclic amines) is 1. The van der Waals surface area contributed by atoms with E-state index in [2.05, 4.69) is 46.4 Å². The molecule has 2 aliphatic heterocycles. The molecule has 1 saturated heterocycles. The molecule has 0 amide bonds. The van der Waals surface area contributed by atoms with Crippen LogP contribution in [0.25, 0.3) is 22.0 Å². The van der Waals surface area contributed by atoms with E-state index in [0.29, 0.717) is 0 Å². The van der Waals surface area contributed by atoms with E-state index in [0.717, 1.165) is 31.1 Å². The molecular formula is C24H27N3O. The Morgan fingerprint density at radius 2 is 1.82 bits per heavy atom. The number of aryl methyl sites for hydroxylation is 1. The van der Waals surface area contributed by atoms with Crippen LogP contribution < -0.4 is 4.74 Å². The van der Waals surface area contributed by atoms with Gasteiger partial charge >= 0.3 is 0 Å². The molecule has 1 aromatic heterocycles. The Labute approximate surface area is 166 Å². The zero-order valence-corrected chi connectivity index (χ0v) is 16.5. The number of rotatable bonds is 2. The van der Waals surface area contributed by atoms with Gasteiger partial charge in [0.2, 0.25) is 0 Å². The summed E-state index contributed by atoms with van der Waals surface area (Å²) in [5.41, 5.74) is 5.11. The van der Waals surface area contributed by atoms with Gasteiger partial charge in [0.1, 0.15) is 11.4 Å². The van der Waals surface area contributed by atoms with Crippen LogP contribution in [0.2, 0.25) is 0 Å². The molecule has 0 atom stereocenters. The number of hydrogen-bond donors (Lipinski definition) is 0. The molecule has 3 aromatic rings. The lowest BCUT2D eigenvalue weighted by atomic mass is 9.83. The minimum atomic E-state index is 0.0349. The van der Waals surface area contributed by atoms with Crippen molar-refractivity contribution in [1.82, 2.24) is 14.7 Å². The molecule has 6 rings (SSSR count). The highest BCUT2D eigenvalue weighted by Gasteiger charge is 2.43. The largest absolute Gasteiger partial charge is 0.487 e. The van der Waals surface area contributed by atoms with Crippen molar-refractivity contribution in [2.45, 2.75) is 50.2 Å². The third kappa shape index (κ3) is 2.58. The Morgan fingerprint density at radius 1 is 1.04 bits per heavy atom. The van der Waals surface area contributed by atoms with Crippen LogP contribution in [0.15, 0.2) is 42.6 Å². The Kier molecular flexibility index (Phi) is 3.61. The predicted molar refractivity (Wildman–Crippen MR) is 112 cm³/mol. The van der Waals surface area contributed by atoms with Crippen molar-refractivity contribution in [2.75, 3.05) is 13.1 Å². The number of fused-ring (bicyclic) bond motifs is 2. The van der Waals surface area contributed by atoms with Crippen molar-refractivity contribution in [1.29, 1.82) is 0 Å². The molecule has 4 nitrogen and oxygen atoms in total. The molecule has 0 unspecified atom stereocenters. The van der Waals surface area contributed by atoms with E-state index in [1.165, 1.54) is 59.9 Å². The van der Waals surface area contributed by atoms with Gasteiger partial charge in [-0.05, 0) is 47.7 Å². The number of benzene rings is 2. The summed E-state index contributed by atoms with van der Waals surface area (Å²) in [6, 6.07) is 14.2. The van der Waals surface area contributed by atoms with Gasteiger partial charge in [0.25, 0.3) is 0 Å². The van der Waals surface area contributed by atoms with Gasteiger partial charge in [-0.3, -0.25) is 4.68 Å². The Hall–Kier alpha value is -2.33. The molecule has 28 heavy (non-hydrogen) atoms. The predicted octanol–water partition coefficient (Wildman–Crippen LogP) is 4.56. The first-order chi connectivity index (χ1) is 13.7. The van der Waals surface area contributed by atoms with Crippen molar-refractivity contribution in [3.05, 3.63) is 48.2 Å². The van der Waals surface area contributed by atoms with Crippen LogP contribution in [0, 0.1) is 0 Å². The Morgan fingerprint density at radius 3 is 2.61 bits per heavy atom. The Balaban J connectivity index is 1.25. The maximum atomic E-state index is 6.54. The monoisotopic (exact) mass is 373 g/mol. The van der Waals surface area contributed by atoms with E-state index < -0.39 is 0 Å². The molecule has 2 aromatic carbocycles. The van der Waals surface area contributed by atoms with Crippen LogP contribution in [0.5, 0.6) is 5.75 Å². The van der Waals surface area contributed by atoms with Gasteiger partial charge in [-0.15, -0.1) is 0 Å². The highest BCUT2D eigenvalue weighted by Crippen LogP contribution is 2.43. The topological polar surface area (TPSA) is 30.3 Å². The number of ether oxygens (including phenoxy) is 1. The average Bonchev–Trinajstić information content (AvgIpc) is 3.22. The lowest BCUT2D eigenvalue weighted by molar-refractivity contribution is -0.00746. The van der Waals surface area contributed by atoms with Crippen LogP contribution in [-0.4, -0.2) is 39.4 Å². The van der Waals surface area contributed by atoms with Crippen molar-refractivity contribution in [2.24, 2.45) is 7.05 Å². The molecular weight excluding hydrogens is 346 g/mol.